The predicted molar refractivity (Wildman–Crippen MR) is 212 cm³/mol. The van der Waals surface area contributed by atoms with Gasteiger partial charge in [-0.1, -0.05) is 49.4 Å². The molecular formula is C43H53N3O12. The van der Waals surface area contributed by atoms with Crippen LogP contribution in [-0.2, 0) is 46.4 Å². The van der Waals surface area contributed by atoms with Gasteiger partial charge in [0.1, 0.15) is 48.0 Å². The first-order chi connectivity index (χ1) is 27.2. The number of benzene rings is 3. The minimum Gasteiger partial charge on any atom is -0.491 e. The fourth-order valence-corrected chi connectivity index (χ4v) is 5.99. The van der Waals surface area contributed by atoms with Crippen LogP contribution in [0, 0.1) is 5.92 Å². The maximum atomic E-state index is 14.3. The van der Waals surface area contributed by atoms with E-state index in [9.17, 15) is 28.8 Å². The predicted octanol–water partition coefficient (Wildman–Crippen LogP) is 6.69. The standard InChI is InChI=1S/C43H53N3O12/c1-26-21-33(47)36(46(8)40(51)55-25-27-13-11-10-12-14-27)29-16-18-35(56-41(52)58-43(5,6)7)31(24-29)30-22-28(23-32(38(49)53-9)45-37(26)48)15-17-34(30)54-20-19-44-39(50)57-42(2,3)4/h10-18,22,24,26,32,36H,19-21,23,25H2,1-9H3,(H,44,50)(H,45,48)/t26-,32+,36+/m1/s1. The van der Waals surface area contributed by atoms with E-state index in [1.165, 1.54) is 26.3 Å². The van der Waals surface area contributed by atoms with E-state index in [2.05, 4.69) is 10.6 Å². The number of hydrogen-bond acceptors (Lipinski definition) is 12. The molecule has 0 saturated carbocycles. The topological polar surface area (TPSA) is 185 Å². The van der Waals surface area contributed by atoms with Gasteiger partial charge in [0.05, 0.1) is 13.7 Å². The van der Waals surface area contributed by atoms with Crippen molar-refractivity contribution in [2.75, 3.05) is 27.3 Å². The minimum atomic E-state index is -1.29. The normalized spacial score (nSPS) is 17.1. The quantitative estimate of drug-likeness (QED) is 0.101. The molecule has 1 aliphatic heterocycles. The van der Waals surface area contributed by atoms with E-state index < -0.39 is 65.2 Å². The third-order valence-electron chi connectivity index (χ3n) is 8.65. The van der Waals surface area contributed by atoms with Gasteiger partial charge in [-0.15, -0.1) is 0 Å². The molecule has 0 aromatic heterocycles. The first kappa shape index (κ1) is 44.6. The van der Waals surface area contributed by atoms with Crippen molar-refractivity contribution in [2.45, 2.75) is 91.2 Å². The second-order valence-corrected chi connectivity index (χ2v) is 15.8. The molecule has 0 radical (unpaired) electrons. The van der Waals surface area contributed by atoms with E-state index in [4.69, 9.17) is 28.4 Å². The van der Waals surface area contributed by atoms with Gasteiger partial charge in [-0.2, -0.15) is 0 Å². The number of esters is 1. The molecular weight excluding hydrogens is 750 g/mol. The van der Waals surface area contributed by atoms with E-state index in [1.54, 1.807) is 97.0 Å². The SMILES string of the molecule is COC(=O)[C@@H]1Cc2ccc(OCCNC(=O)OC(C)(C)C)c(c2)-c2cc(ccc2OC(=O)OC(C)(C)C)[C@H](N(C)C(=O)OCc2ccccc2)C(=O)C[C@@H](C)C(=O)N1. The molecule has 0 fully saturated rings. The highest BCUT2D eigenvalue weighted by molar-refractivity contribution is 5.94. The summed E-state index contributed by atoms with van der Waals surface area (Å²) >= 11 is 0. The van der Waals surface area contributed by atoms with Crippen molar-refractivity contribution in [3.8, 4) is 22.6 Å². The zero-order valence-electron chi connectivity index (χ0n) is 34.5. The minimum absolute atomic E-state index is 0.0191. The summed E-state index contributed by atoms with van der Waals surface area (Å²) in [5.41, 5.74) is 0.573. The lowest BCUT2D eigenvalue weighted by atomic mass is 9.90. The number of likely N-dealkylation sites (N-methyl/N-ethyl adjacent to an activating group) is 1. The molecule has 0 aliphatic carbocycles. The summed E-state index contributed by atoms with van der Waals surface area (Å²) in [4.78, 5) is 81.0. The number of methoxy groups -OCH3 is 1. The Hall–Kier alpha value is -6.12. The Bertz CT molecular complexity index is 1970. The Morgan fingerprint density at radius 3 is 2.16 bits per heavy atom. The van der Waals surface area contributed by atoms with E-state index >= 15 is 0 Å². The molecule has 4 bridgehead atoms. The first-order valence-corrected chi connectivity index (χ1v) is 18.9. The monoisotopic (exact) mass is 803 g/mol. The number of carbonyl (C=O) groups excluding carboxylic acids is 6. The highest BCUT2D eigenvalue weighted by Gasteiger charge is 2.35. The number of amides is 3. The Labute approximate surface area is 338 Å². The van der Waals surface area contributed by atoms with Gasteiger partial charge in [0.25, 0.3) is 0 Å². The van der Waals surface area contributed by atoms with Gasteiger partial charge in [0, 0.05) is 36.9 Å². The lowest BCUT2D eigenvalue weighted by Crippen LogP contribution is -2.46. The smallest absolute Gasteiger partial charge is 0.491 e. The number of ether oxygens (including phenoxy) is 6. The van der Waals surface area contributed by atoms with Gasteiger partial charge in [-0.05, 0) is 82.5 Å². The van der Waals surface area contributed by atoms with E-state index in [1.807, 2.05) is 6.07 Å². The third kappa shape index (κ3) is 13.0. The molecule has 1 aliphatic rings. The number of hydrogen-bond donors (Lipinski definition) is 2. The molecule has 0 saturated heterocycles. The van der Waals surface area contributed by atoms with Crippen LogP contribution in [0.3, 0.4) is 0 Å². The number of ketones is 1. The van der Waals surface area contributed by atoms with Crippen LogP contribution in [0.5, 0.6) is 11.5 Å². The van der Waals surface area contributed by atoms with Crippen molar-refractivity contribution in [1.29, 1.82) is 0 Å². The Balaban J connectivity index is 1.87. The van der Waals surface area contributed by atoms with Crippen molar-refractivity contribution in [2.24, 2.45) is 5.92 Å². The molecule has 4 rings (SSSR count). The van der Waals surface area contributed by atoms with Crippen LogP contribution in [0.25, 0.3) is 11.1 Å². The molecule has 15 heteroatoms. The number of alkyl carbamates (subject to hydrolysis) is 1. The molecule has 3 aromatic carbocycles. The molecule has 3 atom stereocenters. The van der Waals surface area contributed by atoms with Gasteiger partial charge in [0.15, 0.2) is 5.78 Å². The van der Waals surface area contributed by atoms with Crippen LogP contribution in [-0.4, -0.2) is 85.5 Å². The third-order valence-corrected chi connectivity index (χ3v) is 8.65. The first-order valence-electron chi connectivity index (χ1n) is 18.9. The highest BCUT2D eigenvalue weighted by atomic mass is 16.7. The number of fused-ring (bicyclic) bond motifs is 5. The highest BCUT2D eigenvalue weighted by Crippen LogP contribution is 2.41. The molecule has 2 N–H and O–H groups in total. The molecule has 0 unspecified atom stereocenters. The van der Waals surface area contributed by atoms with Crippen molar-refractivity contribution in [1.82, 2.24) is 15.5 Å². The summed E-state index contributed by atoms with van der Waals surface area (Å²) in [6, 6.07) is 16.2. The summed E-state index contributed by atoms with van der Waals surface area (Å²) in [5.74, 6) is -2.45. The van der Waals surface area contributed by atoms with E-state index in [0.29, 0.717) is 16.7 Å². The van der Waals surface area contributed by atoms with Gasteiger partial charge in [-0.3, -0.25) is 14.5 Å². The molecule has 3 amide bonds. The molecule has 1 heterocycles. The van der Waals surface area contributed by atoms with E-state index in [-0.39, 0.29) is 49.7 Å². The van der Waals surface area contributed by atoms with Gasteiger partial charge in [-0.25, -0.2) is 19.2 Å². The number of nitrogens with zero attached hydrogens (tertiary/aromatic N) is 1. The lowest BCUT2D eigenvalue weighted by Gasteiger charge is -2.29. The van der Waals surface area contributed by atoms with Crippen LogP contribution >= 0.6 is 0 Å². The number of Topliss-reactive ketones (excluding diaryl/α,β-unsaturated/α-hetero) is 1. The molecule has 0 spiro atoms. The fraction of sp³-hybridized carbons (Fsp3) is 0.442. The molecule has 312 valence electrons. The average Bonchev–Trinajstić information content (AvgIpc) is 3.14. The van der Waals surface area contributed by atoms with Crippen LogP contribution in [0.15, 0.2) is 66.7 Å². The summed E-state index contributed by atoms with van der Waals surface area (Å²) in [6.07, 6.45) is -2.80. The van der Waals surface area contributed by atoms with Crippen LogP contribution in [0.1, 0.15) is 77.6 Å². The van der Waals surface area contributed by atoms with Crippen LogP contribution < -0.4 is 20.1 Å². The Morgan fingerprint density at radius 1 is 0.845 bits per heavy atom. The molecule has 3 aromatic rings. The second-order valence-electron chi connectivity index (χ2n) is 15.8. The van der Waals surface area contributed by atoms with Crippen LogP contribution in [0.2, 0.25) is 0 Å². The number of rotatable bonds is 9. The molecule has 58 heavy (non-hydrogen) atoms. The summed E-state index contributed by atoms with van der Waals surface area (Å²) in [5, 5.41) is 5.36. The zero-order chi connectivity index (χ0) is 42.8. The fourth-order valence-electron chi connectivity index (χ4n) is 5.99. The summed E-state index contributed by atoms with van der Waals surface area (Å²) < 4.78 is 33.4. The maximum absolute atomic E-state index is 14.3. The average molecular weight is 804 g/mol. The summed E-state index contributed by atoms with van der Waals surface area (Å²) in [7, 11) is 2.61. The van der Waals surface area contributed by atoms with Crippen molar-refractivity contribution in [3.05, 3.63) is 83.4 Å². The van der Waals surface area contributed by atoms with E-state index in [0.717, 1.165) is 10.5 Å². The van der Waals surface area contributed by atoms with Gasteiger partial charge >= 0.3 is 24.3 Å². The zero-order valence-corrected chi connectivity index (χ0v) is 34.5. The van der Waals surface area contributed by atoms with Crippen molar-refractivity contribution in [3.63, 3.8) is 0 Å². The van der Waals surface area contributed by atoms with Crippen molar-refractivity contribution >= 4 is 36.0 Å². The second kappa shape index (κ2) is 19.4. The number of nitrogens with one attached hydrogen (secondary N) is 2. The summed E-state index contributed by atoms with van der Waals surface area (Å²) in [6.45, 7) is 11.8. The van der Waals surface area contributed by atoms with Crippen molar-refractivity contribution < 1.29 is 57.2 Å². The Morgan fingerprint density at radius 2 is 1.50 bits per heavy atom. The van der Waals surface area contributed by atoms with Gasteiger partial charge in [0.2, 0.25) is 5.91 Å². The molecule has 15 nitrogen and oxygen atoms in total. The largest absolute Gasteiger partial charge is 0.514 e. The van der Waals surface area contributed by atoms with Gasteiger partial charge < -0.3 is 39.1 Å². The maximum Gasteiger partial charge on any atom is 0.514 e. The number of carbonyl (C=O) groups is 6. The Kier molecular flexibility index (Phi) is 14.9. The lowest BCUT2D eigenvalue weighted by molar-refractivity contribution is -0.145. The van der Waals surface area contributed by atoms with Crippen LogP contribution in [0.4, 0.5) is 14.4 Å².